The first-order valence-corrected chi connectivity index (χ1v) is 10.7. The maximum atomic E-state index is 13.5. The lowest BCUT2D eigenvalue weighted by atomic mass is 9.44. The summed E-state index contributed by atoms with van der Waals surface area (Å²) in [6.07, 6.45) is 3.30. The van der Waals surface area contributed by atoms with Crippen molar-refractivity contribution in [2.45, 2.75) is 30.3 Å². The minimum atomic E-state index is -0.614. The highest BCUT2D eigenvalue weighted by Crippen LogP contribution is 2.60. The van der Waals surface area contributed by atoms with Crippen LogP contribution in [0.3, 0.4) is 0 Å². The summed E-state index contributed by atoms with van der Waals surface area (Å²) in [5, 5.41) is 6.43. The summed E-state index contributed by atoms with van der Waals surface area (Å²) >= 11 is 5.63. The molecule has 3 fully saturated rings. The number of aromatic nitrogens is 2. The standard InChI is InChI=1S/C23H20ClFN4O4/c1-29-12-26-18-6-13(2-4-15(18)21(29)32)20(31)28-23-9-22(10-23,11-23)27-19(30)8-33-14-3-5-16(24)17(25)7-14/h2-7,12H,8-11H2,1H3,(H,27,30)(H,28,31). The van der Waals surface area contributed by atoms with Gasteiger partial charge in [-0.15, -0.1) is 0 Å². The van der Waals surface area contributed by atoms with Crippen LogP contribution in [-0.4, -0.2) is 39.1 Å². The first kappa shape index (κ1) is 21.4. The van der Waals surface area contributed by atoms with Crippen LogP contribution >= 0.6 is 11.6 Å². The first-order valence-electron chi connectivity index (χ1n) is 10.3. The van der Waals surface area contributed by atoms with Gasteiger partial charge in [-0.3, -0.25) is 14.4 Å². The number of rotatable bonds is 6. The zero-order valence-electron chi connectivity index (χ0n) is 17.7. The van der Waals surface area contributed by atoms with E-state index >= 15 is 0 Å². The van der Waals surface area contributed by atoms with Crippen molar-refractivity contribution in [1.29, 1.82) is 0 Å². The SMILES string of the molecule is Cn1cnc2cc(C(=O)NC34CC(NC(=O)COc5ccc(Cl)c(F)c5)(C3)C4)ccc2c1=O. The van der Waals surface area contributed by atoms with Crippen molar-refractivity contribution in [2.75, 3.05) is 6.61 Å². The molecule has 2 aromatic carbocycles. The summed E-state index contributed by atoms with van der Waals surface area (Å²) in [6.45, 7) is -0.244. The Morgan fingerprint density at radius 3 is 2.61 bits per heavy atom. The Balaban J connectivity index is 1.14. The Morgan fingerprint density at radius 1 is 1.15 bits per heavy atom. The van der Waals surface area contributed by atoms with Gasteiger partial charge in [-0.05, 0) is 49.6 Å². The van der Waals surface area contributed by atoms with Crippen molar-refractivity contribution in [2.24, 2.45) is 7.05 Å². The first-order chi connectivity index (χ1) is 15.7. The summed E-state index contributed by atoms with van der Waals surface area (Å²) in [7, 11) is 1.62. The third kappa shape index (κ3) is 3.82. The van der Waals surface area contributed by atoms with Crippen LogP contribution in [0.4, 0.5) is 4.39 Å². The Labute approximate surface area is 192 Å². The summed E-state index contributed by atoms with van der Waals surface area (Å²) in [5.74, 6) is -0.952. The molecular weight excluding hydrogens is 451 g/mol. The predicted octanol–water partition coefficient (Wildman–Crippen LogP) is 2.33. The van der Waals surface area contributed by atoms with Gasteiger partial charge in [0.1, 0.15) is 11.6 Å². The number of hydrogen-bond donors (Lipinski definition) is 2. The summed E-state index contributed by atoms with van der Waals surface area (Å²) in [6, 6.07) is 8.80. The third-order valence-corrected chi connectivity index (χ3v) is 6.56. The molecule has 0 unspecified atom stereocenters. The highest BCUT2D eigenvalue weighted by atomic mass is 35.5. The molecule has 10 heteroatoms. The Bertz CT molecular complexity index is 1350. The molecule has 1 heterocycles. The largest absolute Gasteiger partial charge is 0.484 e. The monoisotopic (exact) mass is 470 g/mol. The summed E-state index contributed by atoms with van der Waals surface area (Å²) in [4.78, 5) is 41.3. The zero-order chi connectivity index (χ0) is 23.4. The number of aryl methyl sites for hydroxylation is 1. The lowest BCUT2D eigenvalue weighted by Gasteiger charge is -2.70. The molecule has 6 rings (SSSR count). The van der Waals surface area contributed by atoms with E-state index in [2.05, 4.69) is 15.6 Å². The normalized spacial score (nSPS) is 22.8. The fraction of sp³-hybridized carbons (Fsp3) is 0.304. The number of ether oxygens (including phenoxy) is 1. The maximum Gasteiger partial charge on any atom is 0.260 e. The molecule has 0 radical (unpaired) electrons. The van der Waals surface area contributed by atoms with Gasteiger partial charge in [-0.2, -0.15) is 0 Å². The average Bonchev–Trinajstić information content (AvgIpc) is 2.74. The molecule has 3 aliphatic carbocycles. The van der Waals surface area contributed by atoms with Gasteiger partial charge >= 0.3 is 0 Å². The second kappa shape index (κ2) is 7.55. The molecule has 8 nitrogen and oxygen atoms in total. The second-order valence-corrected chi connectivity index (χ2v) is 9.26. The third-order valence-electron chi connectivity index (χ3n) is 6.26. The Morgan fingerprint density at radius 2 is 1.88 bits per heavy atom. The molecule has 0 aliphatic heterocycles. The van der Waals surface area contributed by atoms with Crippen LogP contribution in [0.1, 0.15) is 29.6 Å². The van der Waals surface area contributed by atoms with E-state index in [4.69, 9.17) is 16.3 Å². The van der Waals surface area contributed by atoms with Crippen LogP contribution in [0.5, 0.6) is 5.75 Å². The van der Waals surface area contributed by atoms with Crippen LogP contribution < -0.4 is 20.9 Å². The number of benzene rings is 2. The number of nitrogens with zero attached hydrogens (tertiary/aromatic N) is 2. The molecule has 2 N–H and O–H groups in total. The van der Waals surface area contributed by atoms with Crippen molar-refractivity contribution in [3.8, 4) is 5.75 Å². The van der Waals surface area contributed by atoms with Crippen LogP contribution in [0.15, 0.2) is 47.5 Å². The van der Waals surface area contributed by atoms with Crippen LogP contribution in [-0.2, 0) is 11.8 Å². The molecule has 1 aromatic heterocycles. The second-order valence-electron chi connectivity index (χ2n) is 8.85. The van der Waals surface area contributed by atoms with E-state index in [1.54, 1.807) is 25.2 Å². The molecule has 33 heavy (non-hydrogen) atoms. The maximum absolute atomic E-state index is 13.5. The van der Waals surface area contributed by atoms with Crippen LogP contribution in [0, 0.1) is 5.82 Å². The highest BCUT2D eigenvalue weighted by molar-refractivity contribution is 6.30. The molecule has 2 amide bonds. The van der Waals surface area contributed by atoms with Crippen molar-refractivity contribution in [3.63, 3.8) is 0 Å². The summed E-state index contributed by atoms with van der Waals surface area (Å²) < 4.78 is 20.2. The lowest BCUT2D eigenvalue weighted by molar-refractivity contribution is -0.141. The highest BCUT2D eigenvalue weighted by Gasteiger charge is 2.69. The van der Waals surface area contributed by atoms with Crippen molar-refractivity contribution >= 4 is 34.3 Å². The predicted molar refractivity (Wildman–Crippen MR) is 119 cm³/mol. The lowest BCUT2D eigenvalue weighted by Crippen LogP contribution is -2.84. The van der Waals surface area contributed by atoms with Crippen LogP contribution in [0.25, 0.3) is 10.9 Å². The Hall–Kier alpha value is -3.46. The van der Waals surface area contributed by atoms with Crippen molar-refractivity contribution < 1.29 is 18.7 Å². The molecule has 170 valence electrons. The topological polar surface area (TPSA) is 102 Å². The van der Waals surface area contributed by atoms with Crippen LogP contribution in [0.2, 0.25) is 5.02 Å². The van der Waals surface area contributed by atoms with Gasteiger partial charge in [0.25, 0.3) is 17.4 Å². The smallest absolute Gasteiger partial charge is 0.260 e. The minimum Gasteiger partial charge on any atom is -0.484 e. The van der Waals surface area contributed by atoms with E-state index < -0.39 is 5.82 Å². The van der Waals surface area contributed by atoms with E-state index in [9.17, 15) is 18.8 Å². The summed E-state index contributed by atoms with van der Waals surface area (Å²) in [5.41, 5.74) is 0.0205. The minimum absolute atomic E-state index is 0.0165. The molecule has 0 saturated heterocycles. The van der Waals surface area contributed by atoms with Gasteiger partial charge in [0, 0.05) is 29.8 Å². The molecule has 0 spiro atoms. The quantitative estimate of drug-likeness (QED) is 0.575. The van der Waals surface area contributed by atoms with Gasteiger partial charge in [-0.1, -0.05) is 11.6 Å². The van der Waals surface area contributed by atoms with Crippen molar-refractivity contribution in [3.05, 3.63) is 69.5 Å². The number of halogens is 2. The van der Waals surface area contributed by atoms with E-state index in [0.29, 0.717) is 35.7 Å². The molecule has 2 bridgehead atoms. The van der Waals surface area contributed by atoms with Gasteiger partial charge in [0.2, 0.25) is 0 Å². The van der Waals surface area contributed by atoms with E-state index in [0.717, 1.165) is 6.07 Å². The fourth-order valence-corrected chi connectivity index (χ4v) is 4.88. The number of carbonyl (C=O) groups is 2. The number of amides is 2. The van der Waals surface area contributed by atoms with Gasteiger partial charge in [0.15, 0.2) is 6.61 Å². The number of hydrogen-bond acceptors (Lipinski definition) is 5. The molecular formula is C23H20ClFN4O4. The fourth-order valence-electron chi connectivity index (χ4n) is 4.77. The van der Waals surface area contributed by atoms with E-state index in [-0.39, 0.29) is 45.8 Å². The number of nitrogens with one attached hydrogen (secondary N) is 2. The average molecular weight is 471 g/mol. The molecule has 0 atom stereocenters. The molecule has 3 aliphatic rings. The van der Waals surface area contributed by atoms with Gasteiger partial charge in [-0.25, -0.2) is 9.37 Å². The number of fused-ring (bicyclic) bond motifs is 1. The molecule has 3 saturated carbocycles. The van der Waals surface area contributed by atoms with Gasteiger partial charge < -0.3 is 19.9 Å². The van der Waals surface area contributed by atoms with Crippen molar-refractivity contribution in [1.82, 2.24) is 20.2 Å². The zero-order valence-corrected chi connectivity index (χ0v) is 18.4. The number of carbonyl (C=O) groups excluding carboxylic acids is 2. The van der Waals surface area contributed by atoms with E-state index in [1.165, 1.54) is 23.0 Å². The molecule has 3 aromatic rings. The van der Waals surface area contributed by atoms with E-state index in [1.807, 2.05) is 0 Å². The Kier molecular flexibility index (Phi) is 4.89. The van der Waals surface area contributed by atoms with Gasteiger partial charge in [0.05, 0.1) is 22.3 Å².